The van der Waals surface area contributed by atoms with E-state index in [9.17, 15) is 0 Å². The van der Waals surface area contributed by atoms with Crippen molar-refractivity contribution in [1.82, 2.24) is 9.55 Å². The minimum Gasteiger partial charge on any atom is -0.376 e. The van der Waals surface area contributed by atoms with E-state index in [2.05, 4.69) is 35.6 Å². The number of rotatable bonds is 4. The number of hydrogen-bond acceptors (Lipinski definition) is 3. The second-order valence-electron chi connectivity index (χ2n) is 4.94. The van der Waals surface area contributed by atoms with Crippen molar-refractivity contribution in [2.75, 3.05) is 5.32 Å². The maximum Gasteiger partial charge on any atom is 0.0992 e. The zero-order valence-electron chi connectivity index (χ0n) is 11.9. The molecule has 0 fully saturated rings. The predicted octanol–water partition coefficient (Wildman–Crippen LogP) is 5.07. The molecule has 0 saturated heterocycles. The smallest absolute Gasteiger partial charge is 0.0992 e. The van der Waals surface area contributed by atoms with Crippen LogP contribution in [0.3, 0.4) is 0 Å². The van der Waals surface area contributed by atoms with E-state index < -0.39 is 0 Å². The normalized spacial score (nSPS) is 12.3. The van der Waals surface area contributed by atoms with E-state index in [0.29, 0.717) is 5.02 Å². The monoisotopic (exact) mass is 317 g/mol. The molecule has 0 radical (unpaired) electrons. The first-order valence-electron chi connectivity index (χ1n) is 6.74. The zero-order chi connectivity index (χ0) is 14.8. The summed E-state index contributed by atoms with van der Waals surface area (Å²) < 4.78 is 1.93. The number of benzene rings is 1. The van der Waals surface area contributed by atoms with E-state index in [-0.39, 0.29) is 6.04 Å². The van der Waals surface area contributed by atoms with E-state index in [0.717, 1.165) is 11.4 Å². The van der Waals surface area contributed by atoms with Crippen molar-refractivity contribution in [3.05, 3.63) is 63.8 Å². The van der Waals surface area contributed by atoms with Gasteiger partial charge >= 0.3 is 0 Å². The molecule has 3 rings (SSSR count). The highest BCUT2D eigenvalue weighted by Gasteiger charge is 2.14. The highest BCUT2D eigenvalue weighted by molar-refractivity contribution is 7.10. The summed E-state index contributed by atoms with van der Waals surface area (Å²) in [6.07, 6.45) is 5.40. The lowest BCUT2D eigenvalue weighted by Crippen LogP contribution is -2.09. The molecular formula is C16H16ClN3S. The number of thiophene rings is 1. The molecule has 5 heteroatoms. The second kappa shape index (κ2) is 5.92. The largest absolute Gasteiger partial charge is 0.376 e. The van der Waals surface area contributed by atoms with Crippen LogP contribution in [0.5, 0.6) is 0 Å². The van der Waals surface area contributed by atoms with E-state index in [4.69, 9.17) is 11.6 Å². The van der Waals surface area contributed by atoms with Crippen molar-refractivity contribution < 1.29 is 0 Å². The number of aromatic nitrogens is 2. The van der Waals surface area contributed by atoms with Gasteiger partial charge in [0.15, 0.2) is 0 Å². The first-order chi connectivity index (χ1) is 10.2. The summed E-state index contributed by atoms with van der Waals surface area (Å²) in [6, 6.07) is 8.27. The molecule has 21 heavy (non-hydrogen) atoms. The molecule has 0 aliphatic carbocycles. The Kier molecular flexibility index (Phi) is 3.99. The van der Waals surface area contributed by atoms with Gasteiger partial charge in [-0.25, -0.2) is 4.98 Å². The Morgan fingerprint density at radius 1 is 1.33 bits per heavy atom. The zero-order valence-corrected chi connectivity index (χ0v) is 13.4. The Labute approximate surface area is 133 Å². The van der Waals surface area contributed by atoms with Crippen LogP contribution in [0.1, 0.15) is 23.4 Å². The fraction of sp³-hybridized carbons (Fsp3) is 0.188. The SMILES string of the molecule is Cc1ccsc1C(C)Nc1cccc(Cl)c1-n1ccnc1. The highest BCUT2D eigenvalue weighted by atomic mass is 35.5. The van der Waals surface area contributed by atoms with Gasteiger partial charge in [-0.3, -0.25) is 0 Å². The Morgan fingerprint density at radius 3 is 2.86 bits per heavy atom. The van der Waals surface area contributed by atoms with Crippen LogP contribution in [0.15, 0.2) is 48.4 Å². The molecule has 0 bridgehead atoms. The van der Waals surface area contributed by atoms with Gasteiger partial charge < -0.3 is 9.88 Å². The Morgan fingerprint density at radius 2 is 2.19 bits per heavy atom. The van der Waals surface area contributed by atoms with Gasteiger partial charge in [0, 0.05) is 17.3 Å². The number of nitrogens with zero attached hydrogens (tertiary/aromatic N) is 2. The van der Waals surface area contributed by atoms with E-state index in [1.807, 2.05) is 29.0 Å². The van der Waals surface area contributed by atoms with Gasteiger partial charge in [0.1, 0.15) is 0 Å². The van der Waals surface area contributed by atoms with Gasteiger partial charge in [0.2, 0.25) is 0 Å². The van der Waals surface area contributed by atoms with Crippen molar-refractivity contribution in [3.63, 3.8) is 0 Å². The van der Waals surface area contributed by atoms with E-state index in [1.54, 1.807) is 23.9 Å². The summed E-state index contributed by atoms with van der Waals surface area (Å²) in [7, 11) is 0. The van der Waals surface area contributed by atoms with Gasteiger partial charge in [0.05, 0.1) is 28.8 Å². The molecule has 0 spiro atoms. The Bertz CT molecular complexity index is 734. The topological polar surface area (TPSA) is 29.9 Å². The molecule has 1 atom stereocenters. The van der Waals surface area contributed by atoms with Gasteiger partial charge in [-0.15, -0.1) is 11.3 Å². The molecular weight excluding hydrogens is 302 g/mol. The van der Waals surface area contributed by atoms with E-state index in [1.165, 1.54) is 10.4 Å². The summed E-state index contributed by atoms with van der Waals surface area (Å²) in [5.74, 6) is 0. The van der Waals surface area contributed by atoms with Crippen molar-refractivity contribution in [2.24, 2.45) is 0 Å². The molecule has 3 nitrogen and oxygen atoms in total. The summed E-state index contributed by atoms with van der Waals surface area (Å²) >= 11 is 8.14. The number of hydrogen-bond donors (Lipinski definition) is 1. The van der Waals surface area contributed by atoms with E-state index >= 15 is 0 Å². The third-order valence-electron chi connectivity index (χ3n) is 3.42. The van der Waals surface area contributed by atoms with Gasteiger partial charge in [-0.2, -0.15) is 0 Å². The molecule has 1 aromatic carbocycles. The fourth-order valence-electron chi connectivity index (χ4n) is 2.41. The average molecular weight is 318 g/mol. The van der Waals surface area contributed by atoms with Crippen molar-refractivity contribution >= 4 is 28.6 Å². The molecule has 0 amide bonds. The maximum atomic E-state index is 6.37. The minimum atomic E-state index is 0.228. The molecule has 1 N–H and O–H groups in total. The first-order valence-corrected chi connectivity index (χ1v) is 8.00. The molecule has 3 aromatic rings. The third kappa shape index (κ3) is 2.82. The van der Waals surface area contributed by atoms with Gasteiger partial charge in [0.25, 0.3) is 0 Å². The predicted molar refractivity (Wildman–Crippen MR) is 89.7 cm³/mol. The lowest BCUT2D eigenvalue weighted by atomic mass is 10.1. The van der Waals surface area contributed by atoms with Crippen LogP contribution >= 0.6 is 22.9 Å². The van der Waals surface area contributed by atoms with Crippen LogP contribution in [0.25, 0.3) is 5.69 Å². The maximum absolute atomic E-state index is 6.37. The first kappa shape index (κ1) is 14.2. The average Bonchev–Trinajstić information content (AvgIpc) is 3.10. The summed E-state index contributed by atoms with van der Waals surface area (Å²) in [4.78, 5) is 5.44. The van der Waals surface area contributed by atoms with Crippen molar-refractivity contribution in [3.8, 4) is 5.69 Å². The fourth-order valence-corrected chi connectivity index (χ4v) is 3.62. The number of nitrogens with one attached hydrogen (secondary N) is 1. The summed E-state index contributed by atoms with van der Waals surface area (Å²) in [5.41, 5.74) is 3.24. The molecule has 108 valence electrons. The number of imidazole rings is 1. The molecule has 2 heterocycles. The lowest BCUT2D eigenvalue weighted by molar-refractivity contribution is 0.893. The highest BCUT2D eigenvalue weighted by Crippen LogP contribution is 2.33. The van der Waals surface area contributed by atoms with Crippen molar-refractivity contribution in [2.45, 2.75) is 19.9 Å². The Balaban J connectivity index is 1.96. The number of aryl methyl sites for hydroxylation is 1. The second-order valence-corrected chi connectivity index (χ2v) is 6.29. The van der Waals surface area contributed by atoms with Crippen LogP contribution in [0, 0.1) is 6.92 Å². The van der Waals surface area contributed by atoms with Gasteiger partial charge in [-0.05, 0) is 43.0 Å². The van der Waals surface area contributed by atoms with Crippen molar-refractivity contribution in [1.29, 1.82) is 0 Å². The quantitative estimate of drug-likeness (QED) is 0.728. The molecule has 0 aliphatic heterocycles. The van der Waals surface area contributed by atoms with Crippen LogP contribution in [-0.4, -0.2) is 9.55 Å². The Hall–Kier alpha value is -1.78. The van der Waals surface area contributed by atoms with Crippen LogP contribution in [0.2, 0.25) is 5.02 Å². The van der Waals surface area contributed by atoms with Crippen LogP contribution in [-0.2, 0) is 0 Å². The number of para-hydroxylation sites is 1. The summed E-state index contributed by atoms with van der Waals surface area (Å²) in [5, 5.41) is 6.38. The standard InChI is InChI=1S/C16H16ClN3S/c1-11-6-9-21-16(11)12(2)19-14-5-3-4-13(17)15(14)20-8-7-18-10-20/h3-10,12,19H,1-2H3. The molecule has 0 aliphatic rings. The summed E-state index contributed by atoms with van der Waals surface area (Å²) in [6.45, 7) is 4.30. The van der Waals surface area contributed by atoms with Gasteiger partial charge in [-0.1, -0.05) is 17.7 Å². The van der Waals surface area contributed by atoms with Crippen LogP contribution < -0.4 is 5.32 Å². The molecule has 2 aromatic heterocycles. The number of anilines is 1. The third-order valence-corrected chi connectivity index (χ3v) is 4.92. The molecule has 0 saturated carbocycles. The van der Waals surface area contributed by atoms with Crippen LogP contribution in [0.4, 0.5) is 5.69 Å². The molecule has 1 unspecified atom stereocenters. The lowest BCUT2D eigenvalue weighted by Gasteiger charge is -2.19. The number of halogens is 1. The minimum absolute atomic E-state index is 0.228.